The molecule has 0 fully saturated rings. The molecule has 1 atom stereocenters. The second-order valence-electron chi connectivity index (χ2n) is 19.5. The van der Waals surface area contributed by atoms with E-state index in [1.54, 1.807) is 0 Å². The molecule has 0 aliphatic carbocycles. The highest BCUT2D eigenvalue weighted by molar-refractivity contribution is 5.71. The van der Waals surface area contributed by atoms with E-state index in [0.717, 1.165) is 77.0 Å². The second kappa shape index (κ2) is 56.7. The van der Waals surface area contributed by atoms with Gasteiger partial charge in [0.05, 0.1) is 0 Å². The molecule has 0 radical (unpaired) electrons. The van der Waals surface area contributed by atoms with Crippen molar-refractivity contribution in [1.29, 1.82) is 0 Å². The van der Waals surface area contributed by atoms with Crippen molar-refractivity contribution in [3.63, 3.8) is 0 Å². The molecule has 0 aromatic heterocycles. The molecule has 0 aromatic carbocycles. The van der Waals surface area contributed by atoms with Gasteiger partial charge in [0.25, 0.3) is 0 Å². The maximum Gasteiger partial charge on any atom is 0.306 e. The highest BCUT2D eigenvalue weighted by Crippen LogP contribution is 2.17. The zero-order valence-corrected chi connectivity index (χ0v) is 45.1. The predicted molar refractivity (Wildman–Crippen MR) is 293 cm³/mol. The lowest BCUT2D eigenvalue weighted by molar-refractivity contribution is -0.167. The fourth-order valence-electron chi connectivity index (χ4n) is 8.42. The molecule has 0 N–H and O–H groups in total. The lowest BCUT2D eigenvalue weighted by Crippen LogP contribution is -2.30. The number of hydrogen-bond acceptors (Lipinski definition) is 6. The summed E-state index contributed by atoms with van der Waals surface area (Å²) in [7, 11) is 0. The maximum atomic E-state index is 12.8. The number of carbonyl (C=O) groups excluding carboxylic acids is 3. The minimum atomic E-state index is -0.800. The zero-order valence-electron chi connectivity index (χ0n) is 45.1. The first-order chi connectivity index (χ1) is 33.5. The van der Waals surface area contributed by atoms with Gasteiger partial charge in [-0.2, -0.15) is 0 Å². The number of hydrogen-bond donors (Lipinski definition) is 0. The molecule has 0 unspecified atom stereocenters. The average molecular weight is 952 g/mol. The van der Waals surface area contributed by atoms with Crippen molar-refractivity contribution in [1.82, 2.24) is 0 Å². The largest absolute Gasteiger partial charge is 0.462 e. The van der Waals surface area contributed by atoms with Crippen LogP contribution in [-0.2, 0) is 28.6 Å². The van der Waals surface area contributed by atoms with Crippen LogP contribution in [-0.4, -0.2) is 37.2 Å². The lowest BCUT2D eigenvalue weighted by Gasteiger charge is -2.18. The van der Waals surface area contributed by atoms with Crippen molar-refractivity contribution in [3.05, 3.63) is 60.8 Å². The average Bonchev–Trinajstić information content (AvgIpc) is 3.34. The second-order valence-corrected chi connectivity index (χ2v) is 19.5. The molecule has 0 amide bonds. The van der Waals surface area contributed by atoms with Gasteiger partial charge >= 0.3 is 17.9 Å². The van der Waals surface area contributed by atoms with E-state index >= 15 is 0 Å². The fraction of sp³-hybridized carbons (Fsp3) is 0.790. The molecular weight excluding hydrogens is 841 g/mol. The number of allylic oxidation sites excluding steroid dienone is 10. The van der Waals surface area contributed by atoms with Gasteiger partial charge < -0.3 is 14.2 Å². The maximum absolute atomic E-state index is 12.8. The molecule has 0 saturated carbocycles. The quantitative estimate of drug-likeness (QED) is 0.0262. The Hall–Kier alpha value is -2.89. The Morgan fingerprint density at radius 2 is 0.574 bits per heavy atom. The van der Waals surface area contributed by atoms with Gasteiger partial charge in [0.1, 0.15) is 13.2 Å². The van der Waals surface area contributed by atoms with E-state index in [-0.39, 0.29) is 37.5 Å². The summed E-state index contributed by atoms with van der Waals surface area (Å²) >= 11 is 0. The normalized spacial score (nSPS) is 12.5. The van der Waals surface area contributed by atoms with Gasteiger partial charge in [0.15, 0.2) is 6.10 Å². The molecule has 0 aromatic rings. The molecule has 0 aliphatic rings. The SMILES string of the molecule is CC/C=C/C/C=C/C/C=C/C/C=C/C/C=C/CCCC(=O)O[C@H](COC(=O)CCCCCCCCCCCCCCCCC)COC(=O)CCCCCCCCCCCCCCCCCCCC. The smallest absolute Gasteiger partial charge is 0.306 e. The number of rotatable bonds is 53. The van der Waals surface area contributed by atoms with Gasteiger partial charge in [0, 0.05) is 19.3 Å². The van der Waals surface area contributed by atoms with Gasteiger partial charge in [-0.3, -0.25) is 14.4 Å². The third-order valence-electron chi connectivity index (χ3n) is 12.8. The van der Waals surface area contributed by atoms with Crippen molar-refractivity contribution in [3.8, 4) is 0 Å². The molecule has 6 nitrogen and oxygen atoms in total. The van der Waals surface area contributed by atoms with Crippen molar-refractivity contribution >= 4 is 17.9 Å². The van der Waals surface area contributed by atoms with E-state index < -0.39 is 6.10 Å². The van der Waals surface area contributed by atoms with Crippen LogP contribution in [0.1, 0.15) is 297 Å². The van der Waals surface area contributed by atoms with Crippen LogP contribution in [0.5, 0.6) is 0 Å². The summed E-state index contributed by atoms with van der Waals surface area (Å²) in [5.41, 5.74) is 0. The summed E-state index contributed by atoms with van der Waals surface area (Å²) in [5.74, 6) is -0.935. The van der Waals surface area contributed by atoms with E-state index in [0.29, 0.717) is 19.3 Å². The van der Waals surface area contributed by atoms with Gasteiger partial charge in [-0.05, 0) is 57.8 Å². The Labute approximate surface area is 421 Å². The van der Waals surface area contributed by atoms with E-state index in [9.17, 15) is 14.4 Å². The van der Waals surface area contributed by atoms with Crippen LogP contribution in [0.15, 0.2) is 60.8 Å². The Kier molecular flexibility index (Phi) is 54.3. The first-order valence-corrected chi connectivity index (χ1v) is 29.3. The van der Waals surface area contributed by atoms with Crippen LogP contribution < -0.4 is 0 Å². The molecular formula is C62H110O6. The molecule has 0 spiro atoms. The minimum Gasteiger partial charge on any atom is -0.462 e. The van der Waals surface area contributed by atoms with Crippen LogP contribution in [0, 0.1) is 0 Å². The molecule has 0 bridgehead atoms. The third-order valence-corrected chi connectivity index (χ3v) is 12.8. The van der Waals surface area contributed by atoms with Crippen molar-refractivity contribution in [2.24, 2.45) is 0 Å². The summed E-state index contributed by atoms with van der Waals surface area (Å²) < 4.78 is 16.8. The number of carbonyl (C=O) groups is 3. The van der Waals surface area contributed by atoms with Gasteiger partial charge in [0.2, 0.25) is 0 Å². The van der Waals surface area contributed by atoms with Crippen LogP contribution in [0.4, 0.5) is 0 Å². The Bertz CT molecular complexity index is 1230. The number of ether oxygens (including phenoxy) is 3. The zero-order chi connectivity index (χ0) is 49.3. The van der Waals surface area contributed by atoms with E-state index in [1.165, 1.54) is 173 Å². The van der Waals surface area contributed by atoms with Crippen molar-refractivity contribution < 1.29 is 28.6 Å². The predicted octanol–water partition coefficient (Wildman–Crippen LogP) is 19.6. The molecule has 68 heavy (non-hydrogen) atoms. The summed E-state index contributed by atoms with van der Waals surface area (Å²) in [6.07, 6.45) is 70.8. The Balaban J connectivity index is 4.42. The van der Waals surface area contributed by atoms with Crippen LogP contribution in [0.25, 0.3) is 0 Å². The minimum absolute atomic E-state index is 0.0926. The highest BCUT2D eigenvalue weighted by atomic mass is 16.6. The third kappa shape index (κ3) is 54.1. The van der Waals surface area contributed by atoms with Crippen LogP contribution >= 0.6 is 0 Å². The molecule has 0 saturated heterocycles. The molecule has 0 rings (SSSR count). The van der Waals surface area contributed by atoms with Crippen molar-refractivity contribution in [2.45, 2.75) is 303 Å². The molecule has 6 heteroatoms. The topological polar surface area (TPSA) is 78.9 Å². The van der Waals surface area contributed by atoms with E-state index in [1.807, 2.05) is 0 Å². The summed E-state index contributed by atoms with van der Waals surface area (Å²) in [4.78, 5) is 38.2. The highest BCUT2D eigenvalue weighted by Gasteiger charge is 2.19. The molecule has 0 heterocycles. The van der Waals surface area contributed by atoms with E-state index in [2.05, 4.69) is 81.5 Å². The number of esters is 3. The standard InChI is InChI=1S/C62H110O6/c1-4-7-10-13-16-19-22-25-28-30-32-34-37-40-43-46-49-52-55-61(64)67-58-59(57-66-60(63)54-51-48-45-42-39-36-33-27-24-21-18-15-12-9-6-3)68-62(65)56-53-50-47-44-41-38-35-31-29-26-23-20-17-14-11-8-5-2/h8,11,17,20,26,29,35,38,44,47,59H,4-7,9-10,12-16,18-19,21-25,27-28,30-34,36-37,39-43,45-46,48-58H2,1-3H3/b11-8+,20-17+,29-26+,38-35+,47-44+/t59-/m1/s1. The first kappa shape index (κ1) is 65.1. The Morgan fingerprint density at radius 3 is 0.882 bits per heavy atom. The summed E-state index contributed by atoms with van der Waals surface area (Å²) in [5, 5.41) is 0. The van der Waals surface area contributed by atoms with E-state index in [4.69, 9.17) is 14.2 Å². The fourth-order valence-corrected chi connectivity index (χ4v) is 8.42. The Morgan fingerprint density at radius 1 is 0.309 bits per heavy atom. The molecule has 0 aliphatic heterocycles. The first-order valence-electron chi connectivity index (χ1n) is 29.3. The van der Waals surface area contributed by atoms with Gasteiger partial charge in [-0.15, -0.1) is 0 Å². The van der Waals surface area contributed by atoms with Gasteiger partial charge in [-0.25, -0.2) is 0 Å². The summed E-state index contributed by atoms with van der Waals surface area (Å²) in [6, 6.07) is 0. The van der Waals surface area contributed by atoms with Crippen LogP contribution in [0.2, 0.25) is 0 Å². The lowest BCUT2D eigenvalue weighted by atomic mass is 10.0. The van der Waals surface area contributed by atoms with Crippen molar-refractivity contribution in [2.75, 3.05) is 13.2 Å². The monoisotopic (exact) mass is 951 g/mol. The molecule has 394 valence electrons. The number of unbranched alkanes of at least 4 members (excludes halogenated alkanes) is 32. The summed E-state index contributed by atoms with van der Waals surface area (Å²) in [6.45, 7) is 6.52. The van der Waals surface area contributed by atoms with Crippen LogP contribution in [0.3, 0.4) is 0 Å². The van der Waals surface area contributed by atoms with Gasteiger partial charge in [-0.1, -0.05) is 281 Å².